The monoisotopic (exact) mass is 721 g/mol. The number of hydrogen-bond acceptors (Lipinski definition) is 7. The molecule has 0 saturated carbocycles. The summed E-state index contributed by atoms with van der Waals surface area (Å²) in [5, 5.41) is 11.4. The average molecular weight is 723 g/mol. The zero-order chi connectivity index (χ0) is 34.3. The van der Waals surface area contributed by atoms with Gasteiger partial charge in [0, 0.05) is 50.8 Å². The van der Waals surface area contributed by atoms with Crippen LogP contribution in [0.5, 0.6) is 0 Å². The Morgan fingerprint density at radius 3 is 2.28 bits per heavy atom. The van der Waals surface area contributed by atoms with Crippen LogP contribution >= 0.6 is 34.5 Å². The van der Waals surface area contributed by atoms with Gasteiger partial charge in [0.1, 0.15) is 0 Å². The van der Waals surface area contributed by atoms with Gasteiger partial charge in [-0.2, -0.15) is 26.3 Å². The number of rotatable bonds is 9. The number of thiazole rings is 1. The zero-order valence-corrected chi connectivity index (χ0v) is 28.5. The molecular formula is C31H35Cl2F6N7S. The molecule has 0 atom stereocenters. The number of alkyl halides is 6. The number of anilines is 4. The number of hydrogen-bond donors (Lipinski definition) is 3. The number of benzene rings is 2. The zero-order valence-electron chi connectivity index (χ0n) is 26.1. The molecule has 1 fully saturated rings. The largest absolute Gasteiger partial charge is 0.434 e. The quantitative estimate of drug-likeness (QED) is 0.150. The lowest BCUT2D eigenvalue weighted by Crippen LogP contribution is -2.39. The van der Waals surface area contributed by atoms with E-state index in [1.165, 1.54) is 0 Å². The van der Waals surface area contributed by atoms with Crippen LogP contribution in [0, 0.1) is 11.3 Å². The molecule has 16 heteroatoms. The van der Waals surface area contributed by atoms with Gasteiger partial charge in [-0.25, -0.2) is 9.97 Å². The molecule has 0 radical (unpaired) electrons. The minimum Gasteiger partial charge on any atom is -0.371 e. The summed E-state index contributed by atoms with van der Waals surface area (Å²) in [6.07, 6.45) is -8.97. The molecule has 256 valence electrons. The van der Waals surface area contributed by atoms with Crippen molar-refractivity contribution in [3.05, 3.63) is 56.5 Å². The molecule has 3 heterocycles. The van der Waals surface area contributed by atoms with E-state index in [0.717, 1.165) is 28.8 Å². The fourth-order valence-corrected chi connectivity index (χ4v) is 6.70. The van der Waals surface area contributed by atoms with Crippen molar-refractivity contribution in [2.45, 2.75) is 59.1 Å². The van der Waals surface area contributed by atoms with Gasteiger partial charge in [0.2, 0.25) is 5.95 Å². The first-order valence-electron chi connectivity index (χ1n) is 14.9. The van der Waals surface area contributed by atoms with Crippen molar-refractivity contribution in [2.24, 2.45) is 18.4 Å². The Balaban J connectivity index is 1.46. The van der Waals surface area contributed by atoms with Crippen LogP contribution in [0.3, 0.4) is 0 Å². The summed E-state index contributed by atoms with van der Waals surface area (Å²) in [6.45, 7) is 8.10. The average Bonchev–Trinajstić information content (AvgIpc) is 3.58. The predicted molar refractivity (Wildman–Crippen MR) is 177 cm³/mol. The van der Waals surface area contributed by atoms with E-state index >= 15 is 0 Å². The number of fused-ring (bicyclic) bond motifs is 1. The van der Waals surface area contributed by atoms with E-state index in [9.17, 15) is 26.3 Å². The van der Waals surface area contributed by atoms with Crippen molar-refractivity contribution in [3.63, 3.8) is 0 Å². The molecule has 2 aromatic carbocycles. The van der Waals surface area contributed by atoms with Crippen LogP contribution in [-0.2, 0) is 26.3 Å². The maximum absolute atomic E-state index is 13.4. The number of piperidine rings is 1. The van der Waals surface area contributed by atoms with Crippen molar-refractivity contribution < 1.29 is 26.3 Å². The summed E-state index contributed by atoms with van der Waals surface area (Å²) in [5.41, 5.74) is 2.97. The van der Waals surface area contributed by atoms with Gasteiger partial charge in [0.15, 0.2) is 10.8 Å². The van der Waals surface area contributed by atoms with Gasteiger partial charge in [0.25, 0.3) is 0 Å². The first-order valence-corrected chi connectivity index (χ1v) is 16.6. The molecule has 1 aliphatic rings. The van der Waals surface area contributed by atoms with Crippen LogP contribution in [0.2, 0.25) is 10.0 Å². The number of aryl methyl sites for hydroxylation is 1. The van der Waals surface area contributed by atoms with Gasteiger partial charge in [0.05, 0.1) is 32.7 Å². The third-order valence-corrected chi connectivity index (χ3v) is 9.53. The molecule has 0 aliphatic carbocycles. The topological polar surface area (TPSA) is 70.0 Å². The molecule has 1 saturated heterocycles. The van der Waals surface area contributed by atoms with E-state index in [-0.39, 0.29) is 43.0 Å². The Kier molecular flexibility index (Phi) is 10.2. The lowest BCUT2D eigenvalue weighted by Gasteiger charge is -2.35. The second kappa shape index (κ2) is 13.5. The highest BCUT2D eigenvalue weighted by molar-refractivity contribution is 7.13. The van der Waals surface area contributed by atoms with Gasteiger partial charge in [-0.15, -0.1) is 11.3 Å². The van der Waals surface area contributed by atoms with Crippen molar-refractivity contribution in [3.8, 4) is 0 Å². The molecule has 2 aromatic heterocycles. The fraction of sp³-hybridized carbons (Fsp3) is 0.484. The summed E-state index contributed by atoms with van der Waals surface area (Å²) in [5.74, 6) is -0.966. The summed E-state index contributed by atoms with van der Waals surface area (Å²) in [6, 6.07) is 7.24. The highest BCUT2D eigenvalue weighted by atomic mass is 35.5. The van der Waals surface area contributed by atoms with Crippen molar-refractivity contribution in [1.29, 1.82) is 0 Å². The molecule has 0 spiro atoms. The minimum atomic E-state index is -4.57. The Bertz CT molecular complexity index is 1720. The molecular weight excluding hydrogens is 687 g/mol. The van der Waals surface area contributed by atoms with Crippen LogP contribution in [0.15, 0.2) is 29.6 Å². The smallest absolute Gasteiger partial charge is 0.371 e. The molecule has 1 aliphatic heterocycles. The third-order valence-electron chi connectivity index (χ3n) is 7.98. The highest BCUT2D eigenvalue weighted by Crippen LogP contribution is 2.40. The van der Waals surface area contributed by atoms with Crippen LogP contribution in [-0.4, -0.2) is 40.3 Å². The second-order valence-electron chi connectivity index (χ2n) is 12.8. The highest BCUT2D eigenvalue weighted by Gasteiger charge is 2.41. The van der Waals surface area contributed by atoms with Crippen molar-refractivity contribution in [2.75, 3.05) is 35.2 Å². The Labute approximate surface area is 282 Å². The number of halogens is 8. The molecule has 5 rings (SSSR count). The summed E-state index contributed by atoms with van der Waals surface area (Å²) < 4.78 is 81.4. The maximum Gasteiger partial charge on any atom is 0.434 e. The van der Waals surface area contributed by atoms with Crippen molar-refractivity contribution >= 4 is 68.0 Å². The maximum atomic E-state index is 13.4. The molecule has 3 N–H and O–H groups in total. The van der Waals surface area contributed by atoms with Crippen LogP contribution in [0.1, 0.15) is 50.4 Å². The summed E-state index contributed by atoms with van der Waals surface area (Å²) in [7, 11) is 1.79. The number of nitrogens with zero attached hydrogens (tertiary/aromatic N) is 4. The van der Waals surface area contributed by atoms with E-state index in [1.54, 1.807) is 23.7 Å². The van der Waals surface area contributed by atoms with Crippen LogP contribution < -0.4 is 20.9 Å². The van der Waals surface area contributed by atoms with E-state index < -0.39 is 24.0 Å². The second-order valence-corrected chi connectivity index (χ2v) is 14.5. The number of aromatic nitrogens is 3. The van der Waals surface area contributed by atoms with E-state index in [4.69, 9.17) is 28.2 Å². The lowest BCUT2D eigenvalue weighted by molar-refractivity contribution is -0.179. The summed E-state index contributed by atoms with van der Waals surface area (Å²) in [4.78, 5) is 10.3. The Hall–Kier alpha value is -2.94. The van der Waals surface area contributed by atoms with E-state index in [0.29, 0.717) is 50.5 Å². The predicted octanol–water partition coefficient (Wildman–Crippen LogP) is 9.63. The number of imidazole rings is 1. The summed E-state index contributed by atoms with van der Waals surface area (Å²) >= 11 is 14.2. The fourth-order valence-electron chi connectivity index (χ4n) is 5.45. The number of nitrogens with one attached hydrogen (secondary N) is 3. The van der Waals surface area contributed by atoms with Gasteiger partial charge < -0.3 is 25.4 Å². The van der Waals surface area contributed by atoms with Gasteiger partial charge in [-0.3, -0.25) is 0 Å². The lowest BCUT2D eigenvalue weighted by atomic mass is 9.95. The van der Waals surface area contributed by atoms with Crippen LogP contribution in [0.25, 0.3) is 11.0 Å². The Morgan fingerprint density at radius 2 is 1.66 bits per heavy atom. The molecule has 7 nitrogen and oxygen atoms in total. The SMILES string of the molecule is Cn1c(Nc2c(Cl)ccc(CNCC(C)(C)C)c2Cl)nc2cc(CNc3nc(C(F)(F)F)cs3)c(N3CCC(C(F)(F)F)CC3)cc21. The molecule has 0 amide bonds. The van der Waals surface area contributed by atoms with Gasteiger partial charge in [-0.05, 0) is 47.6 Å². The normalized spacial score (nSPS) is 15.1. The molecule has 4 aromatic rings. The van der Waals surface area contributed by atoms with Gasteiger partial charge >= 0.3 is 12.4 Å². The van der Waals surface area contributed by atoms with E-state index in [1.807, 2.05) is 17.0 Å². The standard InChI is InChI=1S/C31H35Cl2F6N7S/c1-29(2,3)16-40-13-17-5-6-20(32)26(25(17)33)44-27-42-21-11-18(14-41-28-43-24(15-47-28)31(37,38)39)22(12-23(21)45(27)4)46-9-7-19(8-10-46)30(34,35)36/h5-6,11-12,15,19,40H,7-10,13-14,16H2,1-4H3,(H,41,43)(H,42,44). The minimum absolute atomic E-state index is 0.0635. The van der Waals surface area contributed by atoms with Crippen LogP contribution in [0.4, 0.5) is 48.8 Å². The molecule has 0 bridgehead atoms. The molecule has 47 heavy (non-hydrogen) atoms. The van der Waals surface area contributed by atoms with Gasteiger partial charge in [-0.1, -0.05) is 50.0 Å². The molecule has 0 unspecified atom stereocenters. The Morgan fingerprint density at radius 1 is 0.957 bits per heavy atom. The first kappa shape index (κ1) is 35.4. The first-order chi connectivity index (χ1) is 21.9. The van der Waals surface area contributed by atoms with E-state index in [2.05, 4.69) is 41.7 Å². The third kappa shape index (κ3) is 8.38. The van der Waals surface area contributed by atoms with Crippen molar-refractivity contribution in [1.82, 2.24) is 19.9 Å².